The highest BCUT2D eigenvalue weighted by Gasteiger charge is 2.25. The lowest BCUT2D eigenvalue weighted by Crippen LogP contribution is -2.30. The van der Waals surface area contributed by atoms with Crippen molar-refractivity contribution in [1.29, 1.82) is 0 Å². The first-order valence-corrected chi connectivity index (χ1v) is 5.67. The molecule has 0 aliphatic heterocycles. The number of rotatable bonds is 2. The summed E-state index contributed by atoms with van der Waals surface area (Å²) < 4.78 is 1.38. The number of hydrogen-bond acceptors (Lipinski definition) is 1. The Balaban J connectivity index is 2.07. The second kappa shape index (κ2) is 4.67. The predicted molar refractivity (Wildman–Crippen MR) is 60.7 cm³/mol. The molecular formula is C12H14ClNO. The van der Waals surface area contributed by atoms with E-state index in [0.29, 0.717) is 5.56 Å². The van der Waals surface area contributed by atoms with Crippen LogP contribution in [0.1, 0.15) is 36.0 Å². The van der Waals surface area contributed by atoms with E-state index in [1.807, 2.05) is 18.2 Å². The summed E-state index contributed by atoms with van der Waals surface area (Å²) in [5.41, 5.74) is 0.666. The molecule has 3 heteroatoms. The summed E-state index contributed by atoms with van der Waals surface area (Å²) in [6, 6.07) is 9.42. The predicted octanol–water partition coefficient (Wildman–Crippen LogP) is 3.23. The smallest absolute Gasteiger partial charge is 0.268 e. The van der Waals surface area contributed by atoms with Gasteiger partial charge in [-0.05, 0) is 25.0 Å². The highest BCUT2D eigenvalue weighted by molar-refractivity contribution is 6.24. The van der Waals surface area contributed by atoms with Gasteiger partial charge in [-0.1, -0.05) is 31.0 Å². The van der Waals surface area contributed by atoms with E-state index in [-0.39, 0.29) is 11.9 Å². The van der Waals surface area contributed by atoms with Gasteiger partial charge in [0.1, 0.15) is 0 Å². The largest absolute Gasteiger partial charge is 0.268 e. The van der Waals surface area contributed by atoms with Gasteiger partial charge >= 0.3 is 0 Å². The first-order valence-electron chi connectivity index (χ1n) is 5.33. The molecule has 1 amide bonds. The molecule has 80 valence electrons. The van der Waals surface area contributed by atoms with E-state index in [2.05, 4.69) is 0 Å². The second-order valence-corrected chi connectivity index (χ2v) is 4.28. The standard InChI is InChI=1S/C12H14ClNO/c13-14(11-8-4-5-9-11)12(15)10-6-2-1-3-7-10/h1-3,6-7,11H,4-5,8-9H2. The van der Waals surface area contributed by atoms with Crippen LogP contribution >= 0.6 is 11.8 Å². The minimum Gasteiger partial charge on any atom is -0.268 e. The molecule has 0 atom stereocenters. The first kappa shape index (κ1) is 10.5. The highest BCUT2D eigenvalue weighted by atomic mass is 35.5. The van der Waals surface area contributed by atoms with Crippen molar-refractivity contribution < 1.29 is 4.79 Å². The second-order valence-electron chi connectivity index (χ2n) is 3.92. The van der Waals surface area contributed by atoms with Crippen molar-refractivity contribution in [3.63, 3.8) is 0 Å². The number of amides is 1. The maximum absolute atomic E-state index is 11.9. The van der Waals surface area contributed by atoms with Gasteiger partial charge in [0.25, 0.3) is 5.91 Å². The molecule has 15 heavy (non-hydrogen) atoms. The number of carbonyl (C=O) groups is 1. The zero-order valence-corrected chi connectivity index (χ0v) is 9.28. The van der Waals surface area contributed by atoms with Gasteiger partial charge in [-0.15, -0.1) is 0 Å². The Hall–Kier alpha value is -1.02. The van der Waals surface area contributed by atoms with Crippen LogP contribution < -0.4 is 0 Å². The van der Waals surface area contributed by atoms with E-state index in [4.69, 9.17) is 11.8 Å². The summed E-state index contributed by atoms with van der Waals surface area (Å²) in [5.74, 6) is -0.0795. The third-order valence-corrected chi connectivity index (χ3v) is 3.29. The van der Waals surface area contributed by atoms with Crippen molar-refractivity contribution in [3.8, 4) is 0 Å². The van der Waals surface area contributed by atoms with Crippen LogP contribution in [0.25, 0.3) is 0 Å². The summed E-state index contributed by atoms with van der Waals surface area (Å²) in [6.45, 7) is 0. The third-order valence-electron chi connectivity index (χ3n) is 2.86. The average Bonchev–Trinajstić information content (AvgIpc) is 2.82. The molecule has 0 N–H and O–H groups in total. The van der Waals surface area contributed by atoms with Crippen LogP contribution in [0.5, 0.6) is 0 Å². The molecule has 1 aliphatic rings. The zero-order chi connectivity index (χ0) is 10.7. The van der Waals surface area contributed by atoms with E-state index in [1.165, 1.54) is 17.3 Å². The average molecular weight is 224 g/mol. The SMILES string of the molecule is O=C(c1ccccc1)N(Cl)C1CCCC1. The molecule has 0 spiro atoms. The van der Waals surface area contributed by atoms with Crippen LogP contribution in [0.15, 0.2) is 30.3 Å². The summed E-state index contributed by atoms with van der Waals surface area (Å²) in [7, 11) is 0. The quantitative estimate of drug-likeness (QED) is 0.705. The number of nitrogens with zero attached hydrogens (tertiary/aromatic N) is 1. The normalized spacial score (nSPS) is 16.6. The Morgan fingerprint density at radius 2 is 1.80 bits per heavy atom. The molecule has 1 aromatic rings. The summed E-state index contributed by atoms with van der Waals surface area (Å²) >= 11 is 6.06. The van der Waals surface area contributed by atoms with Gasteiger partial charge in [-0.3, -0.25) is 4.79 Å². The van der Waals surface area contributed by atoms with Crippen LogP contribution in [0.4, 0.5) is 0 Å². The van der Waals surface area contributed by atoms with Crippen LogP contribution in [-0.2, 0) is 0 Å². The molecular weight excluding hydrogens is 210 g/mol. The van der Waals surface area contributed by atoms with Crippen molar-refractivity contribution in [1.82, 2.24) is 4.42 Å². The fourth-order valence-corrected chi connectivity index (χ4v) is 2.29. The van der Waals surface area contributed by atoms with E-state index in [0.717, 1.165) is 12.8 Å². The lowest BCUT2D eigenvalue weighted by molar-refractivity contribution is 0.0825. The summed E-state index contributed by atoms with van der Waals surface area (Å²) in [5, 5.41) is 0. The van der Waals surface area contributed by atoms with Crippen LogP contribution in [0.3, 0.4) is 0 Å². The van der Waals surface area contributed by atoms with Crippen molar-refractivity contribution in [3.05, 3.63) is 35.9 Å². The van der Waals surface area contributed by atoms with Crippen molar-refractivity contribution in [2.24, 2.45) is 0 Å². The van der Waals surface area contributed by atoms with Crippen LogP contribution in [0.2, 0.25) is 0 Å². The lowest BCUT2D eigenvalue weighted by atomic mass is 10.2. The number of hydrogen-bond donors (Lipinski definition) is 0. The Labute approximate surface area is 95.0 Å². The van der Waals surface area contributed by atoms with Crippen LogP contribution in [-0.4, -0.2) is 16.4 Å². The number of benzene rings is 1. The molecule has 2 nitrogen and oxygen atoms in total. The Kier molecular flexibility index (Phi) is 3.27. The Morgan fingerprint density at radius 3 is 2.40 bits per heavy atom. The molecule has 0 aromatic heterocycles. The van der Waals surface area contributed by atoms with Gasteiger partial charge in [-0.2, -0.15) is 0 Å². The van der Waals surface area contributed by atoms with Gasteiger partial charge in [0.2, 0.25) is 0 Å². The van der Waals surface area contributed by atoms with Crippen LogP contribution in [0, 0.1) is 0 Å². The Morgan fingerprint density at radius 1 is 1.20 bits per heavy atom. The fraction of sp³-hybridized carbons (Fsp3) is 0.417. The van der Waals surface area contributed by atoms with Gasteiger partial charge in [0.05, 0.1) is 0 Å². The van der Waals surface area contributed by atoms with E-state index >= 15 is 0 Å². The molecule has 0 radical (unpaired) electrons. The zero-order valence-electron chi connectivity index (χ0n) is 8.53. The molecule has 1 saturated carbocycles. The van der Waals surface area contributed by atoms with Gasteiger partial charge in [0, 0.05) is 23.4 Å². The molecule has 1 aromatic carbocycles. The first-order chi connectivity index (χ1) is 7.29. The minimum atomic E-state index is -0.0795. The molecule has 0 bridgehead atoms. The molecule has 0 unspecified atom stereocenters. The lowest BCUT2D eigenvalue weighted by Gasteiger charge is -2.20. The molecule has 2 rings (SSSR count). The molecule has 0 saturated heterocycles. The number of halogens is 1. The maximum Gasteiger partial charge on any atom is 0.268 e. The third kappa shape index (κ3) is 2.32. The molecule has 0 heterocycles. The van der Waals surface area contributed by atoms with Crippen molar-refractivity contribution in [2.45, 2.75) is 31.7 Å². The Bertz CT molecular complexity index is 333. The number of carbonyl (C=O) groups excluding carboxylic acids is 1. The van der Waals surface area contributed by atoms with Gasteiger partial charge in [0.15, 0.2) is 0 Å². The van der Waals surface area contributed by atoms with Gasteiger partial charge < -0.3 is 0 Å². The van der Waals surface area contributed by atoms with E-state index in [1.54, 1.807) is 12.1 Å². The topological polar surface area (TPSA) is 20.3 Å². The maximum atomic E-state index is 11.9. The fourth-order valence-electron chi connectivity index (χ4n) is 2.00. The summed E-state index contributed by atoms with van der Waals surface area (Å²) in [4.78, 5) is 11.9. The monoisotopic (exact) mass is 223 g/mol. The van der Waals surface area contributed by atoms with E-state index in [9.17, 15) is 4.79 Å². The van der Waals surface area contributed by atoms with Crippen molar-refractivity contribution >= 4 is 17.7 Å². The molecule has 1 fully saturated rings. The highest BCUT2D eigenvalue weighted by Crippen LogP contribution is 2.26. The van der Waals surface area contributed by atoms with Gasteiger partial charge in [-0.25, -0.2) is 4.42 Å². The van der Waals surface area contributed by atoms with E-state index < -0.39 is 0 Å². The van der Waals surface area contributed by atoms with Crippen molar-refractivity contribution in [2.75, 3.05) is 0 Å². The minimum absolute atomic E-state index is 0.0795. The summed E-state index contributed by atoms with van der Waals surface area (Å²) in [6.07, 6.45) is 4.41. The molecule has 1 aliphatic carbocycles.